The third-order valence-corrected chi connectivity index (χ3v) is 2.10. The number of carbonyl (C=O) groups is 1. The second-order valence-corrected chi connectivity index (χ2v) is 3.09. The lowest BCUT2D eigenvalue weighted by molar-refractivity contribution is -0.118. The third kappa shape index (κ3) is 2.25. The Hall–Kier alpha value is -1.51. The molecule has 0 heterocycles. The van der Waals surface area contributed by atoms with Gasteiger partial charge in [0.25, 0.3) is 0 Å². The average molecular weight is 192 g/mol. The zero-order valence-electron chi connectivity index (χ0n) is 8.66. The molecule has 0 aliphatic carbocycles. The van der Waals surface area contributed by atoms with E-state index in [-0.39, 0.29) is 5.91 Å². The van der Waals surface area contributed by atoms with Crippen molar-refractivity contribution in [3.8, 4) is 0 Å². The van der Waals surface area contributed by atoms with Gasteiger partial charge >= 0.3 is 0 Å². The Labute approximate surface area is 84.5 Å². The Morgan fingerprint density at radius 1 is 1.43 bits per heavy atom. The van der Waals surface area contributed by atoms with Crippen molar-refractivity contribution in [2.24, 2.45) is 0 Å². The summed E-state index contributed by atoms with van der Waals surface area (Å²) in [6.45, 7) is 4.49. The summed E-state index contributed by atoms with van der Waals surface area (Å²) in [5.41, 5.74) is 7.21. The number of anilines is 2. The van der Waals surface area contributed by atoms with Gasteiger partial charge in [-0.3, -0.25) is 4.79 Å². The first-order chi connectivity index (χ1) is 6.69. The third-order valence-electron chi connectivity index (χ3n) is 2.10. The Kier molecular flexibility index (Phi) is 3.51. The molecule has 1 aromatic rings. The van der Waals surface area contributed by atoms with E-state index in [9.17, 15) is 4.79 Å². The summed E-state index contributed by atoms with van der Waals surface area (Å²) in [5.74, 6) is 0.123. The molecule has 0 aliphatic rings. The zero-order valence-corrected chi connectivity index (χ0v) is 8.66. The Balaban J connectivity index is 2.94. The van der Waals surface area contributed by atoms with Crippen LogP contribution in [0.5, 0.6) is 0 Å². The molecule has 0 bridgehead atoms. The van der Waals surface area contributed by atoms with Gasteiger partial charge in [0.15, 0.2) is 0 Å². The number of hydrogen-bond acceptors (Lipinski definition) is 2. The van der Waals surface area contributed by atoms with Crippen LogP contribution in [-0.4, -0.2) is 12.5 Å². The highest BCUT2D eigenvalue weighted by atomic mass is 16.2. The number of carbonyl (C=O) groups excluding carboxylic acids is 1. The normalized spacial score (nSPS) is 9.86. The molecule has 14 heavy (non-hydrogen) atoms. The standard InChI is InChI=1S/C11H16N2O/c1-3-11(14)13(4-2)10-7-5-6-9(12)8-10/h5-8H,3-4,12H2,1-2H3. The predicted octanol–water partition coefficient (Wildman–Crippen LogP) is 2.03. The quantitative estimate of drug-likeness (QED) is 0.745. The number of rotatable bonds is 3. The highest BCUT2D eigenvalue weighted by Crippen LogP contribution is 2.17. The molecule has 0 spiro atoms. The molecule has 0 aliphatic heterocycles. The van der Waals surface area contributed by atoms with E-state index in [1.807, 2.05) is 38.1 Å². The van der Waals surface area contributed by atoms with Gasteiger partial charge in [0.2, 0.25) is 5.91 Å². The maximum Gasteiger partial charge on any atom is 0.226 e. The van der Waals surface area contributed by atoms with E-state index in [4.69, 9.17) is 5.73 Å². The zero-order chi connectivity index (χ0) is 10.6. The van der Waals surface area contributed by atoms with E-state index < -0.39 is 0 Å². The van der Waals surface area contributed by atoms with Crippen molar-refractivity contribution >= 4 is 17.3 Å². The van der Waals surface area contributed by atoms with E-state index in [1.165, 1.54) is 0 Å². The minimum Gasteiger partial charge on any atom is -0.399 e. The molecule has 1 rings (SSSR count). The molecular weight excluding hydrogens is 176 g/mol. The number of hydrogen-bond donors (Lipinski definition) is 1. The van der Waals surface area contributed by atoms with Gasteiger partial charge in [0, 0.05) is 24.3 Å². The molecule has 1 aromatic carbocycles. The minimum atomic E-state index is 0.123. The number of nitrogen functional groups attached to an aromatic ring is 1. The number of nitrogens with two attached hydrogens (primary N) is 1. The molecule has 76 valence electrons. The molecule has 1 amide bonds. The first kappa shape index (κ1) is 10.6. The van der Waals surface area contributed by atoms with Crippen LogP contribution in [0.15, 0.2) is 24.3 Å². The lowest BCUT2D eigenvalue weighted by Crippen LogP contribution is -2.29. The van der Waals surface area contributed by atoms with E-state index in [0.29, 0.717) is 18.7 Å². The van der Waals surface area contributed by atoms with Crippen LogP contribution in [0.4, 0.5) is 11.4 Å². The first-order valence-corrected chi connectivity index (χ1v) is 4.85. The largest absolute Gasteiger partial charge is 0.399 e. The van der Waals surface area contributed by atoms with Crippen LogP contribution >= 0.6 is 0 Å². The second-order valence-electron chi connectivity index (χ2n) is 3.09. The smallest absolute Gasteiger partial charge is 0.226 e. The van der Waals surface area contributed by atoms with E-state index in [2.05, 4.69) is 0 Å². The molecule has 3 nitrogen and oxygen atoms in total. The van der Waals surface area contributed by atoms with Crippen molar-refractivity contribution in [1.29, 1.82) is 0 Å². The Morgan fingerprint density at radius 2 is 2.14 bits per heavy atom. The van der Waals surface area contributed by atoms with Crippen molar-refractivity contribution < 1.29 is 4.79 Å². The predicted molar refractivity (Wildman–Crippen MR) is 59.2 cm³/mol. The Bertz CT molecular complexity index is 323. The lowest BCUT2D eigenvalue weighted by Gasteiger charge is -2.20. The van der Waals surface area contributed by atoms with Crippen molar-refractivity contribution in [2.75, 3.05) is 17.2 Å². The molecule has 3 heteroatoms. The lowest BCUT2D eigenvalue weighted by atomic mass is 10.2. The summed E-state index contributed by atoms with van der Waals surface area (Å²) in [5, 5.41) is 0. The summed E-state index contributed by atoms with van der Waals surface area (Å²) in [6.07, 6.45) is 0.517. The highest BCUT2D eigenvalue weighted by molar-refractivity contribution is 5.93. The molecular formula is C11H16N2O. The minimum absolute atomic E-state index is 0.123. The van der Waals surface area contributed by atoms with Crippen LogP contribution in [0, 0.1) is 0 Å². The van der Waals surface area contributed by atoms with Gasteiger partial charge in [0.05, 0.1) is 0 Å². The number of benzene rings is 1. The molecule has 2 N–H and O–H groups in total. The van der Waals surface area contributed by atoms with Crippen molar-refractivity contribution in [3.05, 3.63) is 24.3 Å². The maximum atomic E-state index is 11.5. The molecule has 0 fully saturated rings. The van der Waals surface area contributed by atoms with Crippen LogP contribution in [0.2, 0.25) is 0 Å². The number of nitrogens with zero attached hydrogens (tertiary/aromatic N) is 1. The number of amides is 1. The van der Waals surface area contributed by atoms with Gasteiger partial charge < -0.3 is 10.6 Å². The van der Waals surface area contributed by atoms with Crippen LogP contribution in [0.25, 0.3) is 0 Å². The summed E-state index contributed by atoms with van der Waals surface area (Å²) in [6, 6.07) is 7.38. The molecule has 0 unspecified atom stereocenters. The van der Waals surface area contributed by atoms with E-state index in [1.54, 1.807) is 4.90 Å². The van der Waals surface area contributed by atoms with Gasteiger partial charge in [-0.2, -0.15) is 0 Å². The van der Waals surface area contributed by atoms with Gasteiger partial charge in [-0.05, 0) is 25.1 Å². The van der Waals surface area contributed by atoms with Crippen LogP contribution in [0.1, 0.15) is 20.3 Å². The molecule has 0 saturated heterocycles. The molecule has 0 atom stereocenters. The first-order valence-electron chi connectivity index (χ1n) is 4.85. The summed E-state index contributed by atoms with van der Waals surface area (Å²) in [4.78, 5) is 13.3. The summed E-state index contributed by atoms with van der Waals surface area (Å²) < 4.78 is 0. The van der Waals surface area contributed by atoms with Gasteiger partial charge in [-0.15, -0.1) is 0 Å². The fourth-order valence-electron chi connectivity index (χ4n) is 1.39. The van der Waals surface area contributed by atoms with Gasteiger partial charge in [-0.1, -0.05) is 13.0 Å². The van der Waals surface area contributed by atoms with Crippen molar-refractivity contribution in [1.82, 2.24) is 0 Å². The molecule has 0 saturated carbocycles. The fraction of sp³-hybridized carbons (Fsp3) is 0.364. The maximum absolute atomic E-state index is 11.5. The van der Waals surface area contributed by atoms with Gasteiger partial charge in [-0.25, -0.2) is 0 Å². The highest BCUT2D eigenvalue weighted by Gasteiger charge is 2.10. The SMILES string of the molecule is CCC(=O)N(CC)c1cccc(N)c1. The van der Waals surface area contributed by atoms with Crippen LogP contribution in [0.3, 0.4) is 0 Å². The Morgan fingerprint density at radius 3 is 2.64 bits per heavy atom. The monoisotopic (exact) mass is 192 g/mol. The van der Waals surface area contributed by atoms with E-state index >= 15 is 0 Å². The van der Waals surface area contributed by atoms with Crippen LogP contribution < -0.4 is 10.6 Å². The fourth-order valence-corrected chi connectivity index (χ4v) is 1.39. The average Bonchev–Trinajstić information content (AvgIpc) is 2.19. The van der Waals surface area contributed by atoms with Gasteiger partial charge in [0.1, 0.15) is 0 Å². The summed E-state index contributed by atoms with van der Waals surface area (Å²) >= 11 is 0. The molecule has 0 aromatic heterocycles. The van der Waals surface area contributed by atoms with Crippen molar-refractivity contribution in [2.45, 2.75) is 20.3 Å². The topological polar surface area (TPSA) is 46.3 Å². The summed E-state index contributed by atoms with van der Waals surface area (Å²) in [7, 11) is 0. The van der Waals surface area contributed by atoms with Crippen molar-refractivity contribution in [3.63, 3.8) is 0 Å². The molecule has 0 radical (unpaired) electrons. The second kappa shape index (κ2) is 4.65. The van der Waals surface area contributed by atoms with Crippen LogP contribution in [-0.2, 0) is 4.79 Å². The van der Waals surface area contributed by atoms with E-state index in [0.717, 1.165) is 5.69 Å².